The summed E-state index contributed by atoms with van der Waals surface area (Å²) in [6.07, 6.45) is -2.14. The SMILES string of the molecule is [CH2-]CCNc1nc(N2CCOCC2)nc(-n2c(C(F)F)nc3ccccc32)n1.[CH3-].[Y]. The number of alkyl halides is 2. The molecule has 0 unspecified atom stereocenters. The van der Waals surface area contributed by atoms with Crippen molar-refractivity contribution in [3.8, 4) is 5.95 Å². The topological polar surface area (TPSA) is 81.0 Å². The van der Waals surface area contributed by atoms with Gasteiger partial charge in [0.05, 0.1) is 24.2 Å². The molecule has 11 heteroatoms. The van der Waals surface area contributed by atoms with Crippen molar-refractivity contribution in [2.75, 3.05) is 43.1 Å². The Morgan fingerprint density at radius 2 is 1.77 bits per heavy atom. The first-order valence-corrected chi connectivity index (χ1v) is 9.05. The summed E-state index contributed by atoms with van der Waals surface area (Å²) in [5.41, 5.74) is 0.971. The van der Waals surface area contributed by atoms with Gasteiger partial charge in [-0.05, 0) is 18.7 Å². The summed E-state index contributed by atoms with van der Waals surface area (Å²) in [5.74, 6) is 0.432. The molecule has 3 heterocycles. The molecule has 1 saturated heterocycles. The Bertz CT molecular complexity index is 963. The molecular formula is C19H23F2N7OY-2. The predicted octanol–water partition coefficient (Wildman–Crippen LogP) is 3.07. The fourth-order valence-corrected chi connectivity index (χ4v) is 3.04. The third-order valence-electron chi connectivity index (χ3n) is 4.35. The van der Waals surface area contributed by atoms with Gasteiger partial charge < -0.3 is 29.3 Å². The van der Waals surface area contributed by atoms with Gasteiger partial charge >= 0.3 is 0 Å². The molecule has 1 fully saturated rings. The van der Waals surface area contributed by atoms with Crippen LogP contribution in [0.4, 0.5) is 20.7 Å². The summed E-state index contributed by atoms with van der Waals surface area (Å²) in [4.78, 5) is 19.3. The van der Waals surface area contributed by atoms with Crippen molar-refractivity contribution < 1.29 is 46.2 Å². The van der Waals surface area contributed by atoms with Crippen molar-refractivity contribution >= 4 is 22.9 Å². The zero-order valence-electron chi connectivity index (χ0n) is 16.8. The van der Waals surface area contributed by atoms with Crippen LogP contribution in [0, 0.1) is 14.4 Å². The average Bonchev–Trinajstić information content (AvgIpc) is 3.13. The largest absolute Gasteiger partial charge is 0.378 e. The second-order valence-electron chi connectivity index (χ2n) is 6.23. The van der Waals surface area contributed by atoms with Gasteiger partial charge in [0.25, 0.3) is 6.43 Å². The minimum absolute atomic E-state index is 0. The first-order valence-electron chi connectivity index (χ1n) is 9.05. The maximum Gasteiger partial charge on any atom is 0.296 e. The average molecular weight is 492 g/mol. The fourth-order valence-electron chi connectivity index (χ4n) is 3.04. The minimum Gasteiger partial charge on any atom is -0.378 e. The van der Waals surface area contributed by atoms with Crippen LogP contribution in [-0.2, 0) is 37.4 Å². The van der Waals surface area contributed by atoms with Gasteiger partial charge in [-0.25, -0.2) is 13.8 Å². The Labute approximate surface area is 199 Å². The molecule has 30 heavy (non-hydrogen) atoms. The Kier molecular flexibility index (Phi) is 8.99. The molecule has 0 saturated carbocycles. The number of benzene rings is 1. The van der Waals surface area contributed by atoms with E-state index in [0.29, 0.717) is 62.2 Å². The number of ether oxygens (including phenoxy) is 1. The molecule has 159 valence electrons. The van der Waals surface area contributed by atoms with Gasteiger partial charge in [0.2, 0.25) is 17.8 Å². The molecule has 0 atom stereocenters. The summed E-state index contributed by atoms with van der Waals surface area (Å²) >= 11 is 0. The summed E-state index contributed by atoms with van der Waals surface area (Å²) < 4.78 is 34.1. The number of aromatic nitrogens is 5. The summed E-state index contributed by atoms with van der Waals surface area (Å²) in [5, 5.41) is 3.07. The summed E-state index contributed by atoms with van der Waals surface area (Å²) in [6.45, 7) is 6.68. The number of anilines is 2. The van der Waals surface area contributed by atoms with E-state index in [9.17, 15) is 8.78 Å². The number of hydrogen-bond acceptors (Lipinski definition) is 7. The van der Waals surface area contributed by atoms with E-state index in [1.165, 1.54) is 4.57 Å². The fraction of sp³-hybridized carbons (Fsp3) is 0.368. The number of hydrogen-bond donors (Lipinski definition) is 1. The number of fused-ring (bicyclic) bond motifs is 1. The molecule has 1 N–H and O–H groups in total. The quantitative estimate of drug-likeness (QED) is 0.530. The van der Waals surface area contributed by atoms with Gasteiger partial charge in [0.1, 0.15) is 0 Å². The number of imidazole rings is 1. The van der Waals surface area contributed by atoms with Gasteiger partial charge in [-0.2, -0.15) is 21.4 Å². The molecule has 2 aromatic heterocycles. The van der Waals surface area contributed by atoms with Crippen molar-refractivity contribution in [3.05, 3.63) is 44.4 Å². The van der Waals surface area contributed by atoms with Crippen LogP contribution in [0.3, 0.4) is 0 Å². The molecule has 1 aliphatic heterocycles. The van der Waals surface area contributed by atoms with E-state index in [-0.39, 0.29) is 46.1 Å². The molecule has 0 spiro atoms. The summed E-state index contributed by atoms with van der Waals surface area (Å²) in [7, 11) is 0. The van der Waals surface area contributed by atoms with Crippen molar-refractivity contribution in [1.29, 1.82) is 0 Å². The third kappa shape index (κ3) is 5.10. The van der Waals surface area contributed by atoms with Crippen LogP contribution in [0.5, 0.6) is 0 Å². The van der Waals surface area contributed by atoms with Crippen LogP contribution in [0.2, 0.25) is 0 Å². The molecule has 4 rings (SSSR count). The smallest absolute Gasteiger partial charge is 0.296 e. The molecular weight excluding hydrogens is 469 g/mol. The Morgan fingerprint density at radius 3 is 2.47 bits per heavy atom. The predicted molar refractivity (Wildman–Crippen MR) is 107 cm³/mol. The van der Waals surface area contributed by atoms with Crippen LogP contribution in [-0.4, -0.2) is 57.4 Å². The van der Waals surface area contributed by atoms with Gasteiger partial charge in [-0.3, -0.25) is 4.57 Å². The standard InChI is InChI=1S/C18H20F2N7O.CH3.Y/c1-2-7-21-16-23-17(26-8-10-28-11-9-26)25-18(24-16)27-13-6-4-3-5-12(13)22-15(27)14(19)20;;/h3-6,14H,1-2,7-11H2,(H,21,23,24,25);1H3;/q2*-1;. The van der Waals surface area contributed by atoms with Gasteiger partial charge in [-0.15, -0.1) is 0 Å². The van der Waals surface area contributed by atoms with Gasteiger partial charge in [-0.1, -0.05) is 12.1 Å². The van der Waals surface area contributed by atoms with Crippen molar-refractivity contribution in [2.45, 2.75) is 12.8 Å². The van der Waals surface area contributed by atoms with E-state index in [0.717, 1.165) is 0 Å². The molecule has 0 bridgehead atoms. The maximum atomic E-state index is 13.7. The van der Waals surface area contributed by atoms with E-state index >= 15 is 0 Å². The molecule has 3 aromatic rings. The monoisotopic (exact) mass is 492 g/mol. The molecule has 8 nitrogen and oxygen atoms in total. The Balaban J connectivity index is 0.00000160. The number of halogens is 2. The molecule has 1 aliphatic rings. The van der Waals surface area contributed by atoms with Crippen molar-refractivity contribution in [3.63, 3.8) is 0 Å². The van der Waals surface area contributed by atoms with Crippen LogP contribution in [0.25, 0.3) is 17.0 Å². The first-order chi connectivity index (χ1) is 13.7. The normalized spacial score (nSPS) is 13.8. The van der Waals surface area contributed by atoms with E-state index in [4.69, 9.17) is 4.74 Å². The zero-order valence-corrected chi connectivity index (χ0v) is 19.6. The first kappa shape index (κ1) is 24.5. The minimum atomic E-state index is -2.77. The number of morpholine rings is 1. The van der Waals surface area contributed by atoms with E-state index in [1.54, 1.807) is 24.3 Å². The molecule has 0 aliphatic carbocycles. The van der Waals surface area contributed by atoms with Crippen LogP contribution < -0.4 is 10.2 Å². The Morgan fingerprint density at radius 1 is 1.07 bits per heavy atom. The summed E-state index contributed by atoms with van der Waals surface area (Å²) in [6, 6.07) is 6.92. The second kappa shape index (κ2) is 11.0. The molecule has 1 aromatic carbocycles. The van der Waals surface area contributed by atoms with Crippen molar-refractivity contribution in [2.24, 2.45) is 0 Å². The van der Waals surface area contributed by atoms with Gasteiger partial charge in [0.15, 0.2) is 5.82 Å². The van der Waals surface area contributed by atoms with Crippen LogP contribution in [0.1, 0.15) is 18.7 Å². The zero-order chi connectivity index (χ0) is 19.5. The number of nitrogens with one attached hydrogen (secondary N) is 1. The Hall–Kier alpha value is -1.78. The maximum absolute atomic E-state index is 13.7. The third-order valence-corrected chi connectivity index (χ3v) is 4.35. The molecule has 1 radical (unpaired) electrons. The van der Waals surface area contributed by atoms with Crippen LogP contribution in [0.15, 0.2) is 24.3 Å². The van der Waals surface area contributed by atoms with Crippen LogP contribution >= 0.6 is 0 Å². The van der Waals surface area contributed by atoms with E-state index in [1.807, 2.05) is 4.90 Å². The second-order valence-corrected chi connectivity index (χ2v) is 6.23. The number of rotatable bonds is 6. The van der Waals surface area contributed by atoms with E-state index < -0.39 is 12.2 Å². The number of para-hydroxylation sites is 2. The molecule has 0 amide bonds. The van der Waals surface area contributed by atoms with Gasteiger partial charge in [0, 0.05) is 45.8 Å². The van der Waals surface area contributed by atoms with Crippen molar-refractivity contribution in [1.82, 2.24) is 24.5 Å². The van der Waals surface area contributed by atoms with E-state index in [2.05, 4.69) is 32.2 Å². The number of nitrogens with zero attached hydrogens (tertiary/aromatic N) is 6.